The summed E-state index contributed by atoms with van der Waals surface area (Å²) in [6, 6.07) is 3.59. The van der Waals surface area contributed by atoms with E-state index in [9.17, 15) is 4.79 Å². The maximum Gasteiger partial charge on any atom is 0.308 e. The van der Waals surface area contributed by atoms with Gasteiger partial charge in [0.05, 0.1) is 12.3 Å². The van der Waals surface area contributed by atoms with Crippen LogP contribution in [0.15, 0.2) is 22.8 Å². The van der Waals surface area contributed by atoms with Gasteiger partial charge in [-0.05, 0) is 25.0 Å². The van der Waals surface area contributed by atoms with Gasteiger partial charge in [-0.15, -0.1) is 0 Å². The van der Waals surface area contributed by atoms with Crippen molar-refractivity contribution in [2.45, 2.75) is 18.9 Å². The van der Waals surface area contributed by atoms with Crippen LogP contribution in [0, 0.1) is 0 Å². The van der Waals surface area contributed by atoms with Crippen LogP contribution in [-0.2, 0) is 0 Å². The van der Waals surface area contributed by atoms with Gasteiger partial charge in [-0.25, -0.2) is 5.32 Å². The van der Waals surface area contributed by atoms with Crippen LogP contribution in [0.2, 0.25) is 0 Å². The third-order valence-electron chi connectivity index (χ3n) is 1.58. The van der Waals surface area contributed by atoms with E-state index < -0.39 is 0 Å². The SMILES string of the molecule is O=C([N]C1CC1)c1ccco1. The molecule has 0 aromatic carbocycles. The molecule has 1 aromatic heterocycles. The van der Waals surface area contributed by atoms with Crippen LogP contribution >= 0.6 is 0 Å². The molecular weight excluding hydrogens is 142 g/mol. The Morgan fingerprint density at radius 1 is 1.64 bits per heavy atom. The van der Waals surface area contributed by atoms with Crippen LogP contribution in [0.5, 0.6) is 0 Å². The second-order valence-corrected chi connectivity index (χ2v) is 2.64. The first-order valence-corrected chi connectivity index (χ1v) is 3.65. The van der Waals surface area contributed by atoms with Crippen LogP contribution in [0.1, 0.15) is 23.4 Å². The first-order chi connectivity index (χ1) is 5.36. The van der Waals surface area contributed by atoms with E-state index in [0.29, 0.717) is 5.76 Å². The molecule has 1 aromatic rings. The molecule has 2 rings (SSSR count). The fourth-order valence-electron chi connectivity index (χ4n) is 0.833. The molecule has 11 heavy (non-hydrogen) atoms. The van der Waals surface area contributed by atoms with Crippen LogP contribution in [-0.4, -0.2) is 11.9 Å². The Kier molecular flexibility index (Phi) is 1.42. The summed E-state index contributed by atoms with van der Waals surface area (Å²) in [6.45, 7) is 0. The highest BCUT2D eigenvalue weighted by molar-refractivity contribution is 5.91. The molecule has 0 N–H and O–H groups in total. The van der Waals surface area contributed by atoms with E-state index >= 15 is 0 Å². The molecule has 1 radical (unpaired) electrons. The average Bonchev–Trinajstić information content (AvgIpc) is 2.67. The fraction of sp³-hybridized carbons (Fsp3) is 0.375. The van der Waals surface area contributed by atoms with Gasteiger partial charge in [0.25, 0.3) is 0 Å². The molecule has 0 saturated heterocycles. The van der Waals surface area contributed by atoms with E-state index in [0.717, 1.165) is 12.8 Å². The van der Waals surface area contributed by atoms with Crippen molar-refractivity contribution in [3.8, 4) is 0 Å². The lowest BCUT2D eigenvalue weighted by molar-refractivity contribution is 0.0918. The first-order valence-electron chi connectivity index (χ1n) is 3.65. The molecule has 1 fully saturated rings. The quantitative estimate of drug-likeness (QED) is 0.635. The Bertz CT molecular complexity index is 249. The van der Waals surface area contributed by atoms with E-state index in [1.54, 1.807) is 12.1 Å². The molecule has 0 bridgehead atoms. The molecule has 0 spiro atoms. The van der Waals surface area contributed by atoms with Gasteiger partial charge < -0.3 is 4.42 Å². The molecular formula is C8H8NO2. The summed E-state index contributed by atoms with van der Waals surface area (Å²) in [5.41, 5.74) is 0. The summed E-state index contributed by atoms with van der Waals surface area (Å²) in [5, 5.41) is 3.90. The van der Waals surface area contributed by atoms with Crippen molar-refractivity contribution < 1.29 is 9.21 Å². The highest BCUT2D eigenvalue weighted by Crippen LogP contribution is 2.20. The van der Waals surface area contributed by atoms with Gasteiger partial charge in [0, 0.05) is 0 Å². The van der Waals surface area contributed by atoms with E-state index in [-0.39, 0.29) is 11.9 Å². The monoisotopic (exact) mass is 150 g/mol. The van der Waals surface area contributed by atoms with Crippen LogP contribution in [0.3, 0.4) is 0 Å². The number of carbonyl (C=O) groups is 1. The van der Waals surface area contributed by atoms with E-state index in [1.165, 1.54) is 6.26 Å². The van der Waals surface area contributed by atoms with Crippen molar-refractivity contribution in [1.29, 1.82) is 0 Å². The van der Waals surface area contributed by atoms with Crippen molar-refractivity contribution in [2.24, 2.45) is 0 Å². The molecule has 1 saturated carbocycles. The molecule has 3 heteroatoms. The third kappa shape index (κ3) is 1.42. The number of carbonyl (C=O) groups excluding carboxylic acids is 1. The Hall–Kier alpha value is -1.25. The molecule has 57 valence electrons. The summed E-state index contributed by atoms with van der Waals surface area (Å²) in [6.07, 6.45) is 3.58. The van der Waals surface area contributed by atoms with Gasteiger partial charge >= 0.3 is 5.91 Å². The predicted molar refractivity (Wildman–Crippen MR) is 38.2 cm³/mol. The molecule has 1 aliphatic carbocycles. The lowest BCUT2D eigenvalue weighted by Crippen LogP contribution is -2.16. The minimum absolute atomic E-state index is 0.225. The van der Waals surface area contributed by atoms with Gasteiger partial charge in [0.15, 0.2) is 5.76 Å². The maximum absolute atomic E-state index is 11.1. The fourth-order valence-corrected chi connectivity index (χ4v) is 0.833. The smallest absolute Gasteiger partial charge is 0.308 e. The Morgan fingerprint density at radius 3 is 3.00 bits per heavy atom. The summed E-state index contributed by atoms with van der Waals surface area (Å²) in [7, 11) is 0. The van der Waals surface area contributed by atoms with Crippen molar-refractivity contribution >= 4 is 5.91 Å². The zero-order valence-corrected chi connectivity index (χ0v) is 5.99. The van der Waals surface area contributed by atoms with E-state index in [2.05, 4.69) is 5.32 Å². The second kappa shape index (κ2) is 2.42. The Labute approximate surface area is 64.4 Å². The van der Waals surface area contributed by atoms with Gasteiger partial charge in [0.1, 0.15) is 0 Å². The van der Waals surface area contributed by atoms with Crippen LogP contribution < -0.4 is 5.32 Å². The maximum atomic E-state index is 11.1. The largest absolute Gasteiger partial charge is 0.459 e. The minimum Gasteiger partial charge on any atom is -0.459 e. The minimum atomic E-state index is -0.225. The second-order valence-electron chi connectivity index (χ2n) is 2.64. The average molecular weight is 150 g/mol. The Morgan fingerprint density at radius 2 is 2.45 bits per heavy atom. The molecule has 0 atom stereocenters. The number of hydrogen-bond acceptors (Lipinski definition) is 2. The molecule has 1 aliphatic rings. The number of rotatable bonds is 2. The standard InChI is InChI=1S/C8H8NO2/c10-8(9-6-3-4-6)7-2-1-5-11-7/h1-2,5-6H,3-4H2. The Balaban J connectivity index is 1.99. The van der Waals surface area contributed by atoms with E-state index in [4.69, 9.17) is 4.42 Å². The van der Waals surface area contributed by atoms with E-state index in [1.807, 2.05) is 0 Å². The number of furan rings is 1. The highest BCUT2D eigenvalue weighted by atomic mass is 16.3. The number of amides is 1. The molecule has 0 unspecified atom stereocenters. The lowest BCUT2D eigenvalue weighted by Gasteiger charge is -1.93. The normalized spacial score (nSPS) is 16.4. The molecule has 1 heterocycles. The molecule has 0 aliphatic heterocycles. The summed E-state index contributed by atoms with van der Waals surface area (Å²) in [4.78, 5) is 11.1. The van der Waals surface area contributed by atoms with Crippen molar-refractivity contribution in [3.63, 3.8) is 0 Å². The summed E-state index contributed by atoms with van der Waals surface area (Å²) < 4.78 is 4.88. The number of nitrogens with zero attached hydrogens (tertiary/aromatic N) is 1. The van der Waals surface area contributed by atoms with Gasteiger partial charge in [-0.2, -0.15) is 0 Å². The highest BCUT2D eigenvalue weighted by Gasteiger charge is 2.26. The zero-order chi connectivity index (χ0) is 7.68. The third-order valence-corrected chi connectivity index (χ3v) is 1.58. The lowest BCUT2D eigenvalue weighted by atomic mass is 10.4. The van der Waals surface area contributed by atoms with Gasteiger partial charge in [0.2, 0.25) is 0 Å². The molecule has 1 amide bonds. The number of hydrogen-bond donors (Lipinski definition) is 0. The summed E-state index contributed by atoms with van der Waals surface area (Å²) in [5.74, 6) is 0.120. The van der Waals surface area contributed by atoms with Gasteiger partial charge in [-0.3, -0.25) is 4.79 Å². The van der Waals surface area contributed by atoms with Crippen molar-refractivity contribution in [1.82, 2.24) is 5.32 Å². The van der Waals surface area contributed by atoms with Crippen molar-refractivity contribution in [3.05, 3.63) is 24.2 Å². The van der Waals surface area contributed by atoms with Gasteiger partial charge in [-0.1, -0.05) is 0 Å². The molecule has 3 nitrogen and oxygen atoms in total. The predicted octanol–water partition coefficient (Wildman–Crippen LogP) is 1.19. The van der Waals surface area contributed by atoms with Crippen LogP contribution in [0.4, 0.5) is 0 Å². The topological polar surface area (TPSA) is 44.3 Å². The first kappa shape index (κ1) is 6.46. The zero-order valence-electron chi connectivity index (χ0n) is 5.99. The van der Waals surface area contributed by atoms with Crippen molar-refractivity contribution in [2.75, 3.05) is 0 Å². The summed E-state index contributed by atoms with van der Waals surface area (Å²) >= 11 is 0. The van der Waals surface area contributed by atoms with Crippen LogP contribution in [0.25, 0.3) is 0 Å².